The van der Waals surface area contributed by atoms with E-state index in [2.05, 4.69) is 34.9 Å². The van der Waals surface area contributed by atoms with Crippen LogP contribution < -0.4 is 10.6 Å². The zero-order valence-electron chi connectivity index (χ0n) is 17.0. The van der Waals surface area contributed by atoms with Crippen molar-refractivity contribution in [2.45, 2.75) is 64.5 Å². The van der Waals surface area contributed by atoms with Crippen LogP contribution in [0.2, 0.25) is 0 Å². The molecule has 28 heavy (non-hydrogen) atoms. The van der Waals surface area contributed by atoms with Gasteiger partial charge in [0.25, 0.3) is 0 Å². The van der Waals surface area contributed by atoms with Gasteiger partial charge in [-0.15, -0.1) is 0 Å². The molecule has 0 radical (unpaired) electrons. The maximum absolute atomic E-state index is 12.1. The Balaban J connectivity index is 1.58. The van der Waals surface area contributed by atoms with Crippen LogP contribution in [0, 0.1) is 0 Å². The van der Waals surface area contributed by atoms with Gasteiger partial charge in [-0.2, -0.15) is 0 Å². The lowest BCUT2D eigenvalue weighted by Gasteiger charge is -2.15. The van der Waals surface area contributed by atoms with E-state index >= 15 is 0 Å². The fourth-order valence-corrected chi connectivity index (χ4v) is 3.12. The van der Waals surface area contributed by atoms with Crippen molar-refractivity contribution < 1.29 is 9.59 Å². The molecule has 2 N–H and O–H groups in total. The molecule has 0 saturated heterocycles. The third-order valence-corrected chi connectivity index (χ3v) is 4.81. The first-order chi connectivity index (χ1) is 13.5. The van der Waals surface area contributed by atoms with Gasteiger partial charge in [0.2, 0.25) is 11.8 Å². The van der Waals surface area contributed by atoms with Crippen LogP contribution in [0.4, 0.5) is 0 Å². The van der Waals surface area contributed by atoms with Crippen molar-refractivity contribution in [1.29, 1.82) is 0 Å². The molecule has 0 aliphatic rings. The van der Waals surface area contributed by atoms with Crippen LogP contribution in [0.15, 0.2) is 60.7 Å². The van der Waals surface area contributed by atoms with Gasteiger partial charge in [0.1, 0.15) is 0 Å². The summed E-state index contributed by atoms with van der Waals surface area (Å²) in [5.74, 6) is -0.125. The molecule has 4 nitrogen and oxygen atoms in total. The molecule has 2 rings (SSSR count). The first-order valence-electron chi connectivity index (χ1n) is 10.2. The minimum absolute atomic E-state index is 0.0624. The van der Waals surface area contributed by atoms with E-state index in [0.29, 0.717) is 0 Å². The molecule has 0 saturated carbocycles. The summed E-state index contributed by atoms with van der Waals surface area (Å²) in [7, 11) is 0. The van der Waals surface area contributed by atoms with Crippen molar-refractivity contribution >= 4 is 11.8 Å². The molecule has 2 amide bonds. The SMILES string of the molecule is C[C@H](CCc1ccccc1)NC(=O)CCC(=O)N[C@H](C)CCc1ccccc1. The molecule has 2 atom stereocenters. The van der Waals surface area contributed by atoms with E-state index in [0.717, 1.165) is 25.7 Å². The lowest BCUT2D eigenvalue weighted by atomic mass is 10.1. The average molecular weight is 381 g/mol. The summed E-state index contributed by atoms with van der Waals surface area (Å²) >= 11 is 0. The normalized spacial score (nSPS) is 12.8. The molecule has 0 aromatic heterocycles. The molecular formula is C24H32N2O2. The van der Waals surface area contributed by atoms with Crippen molar-refractivity contribution in [3.63, 3.8) is 0 Å². The predicted molar refractivity (Wildman–Crippen MR) is 114 cm³/mol. The van der Waals surface area contributed by atoms with Crippen LogP contribution in [0.25, 0.3) is 0 Å². The molecule has 0 fully saturated rings. The second-order valence-corrected chi connectivity index (χ2v) is 7.49. The van der Waals surface area contributed by atoms with Gasteiger partial charge in [-0.1, -0.05) is 60.7 Å². The van der Waals surface area contributed by atoms with Crippen LogP contribution in [0.1, 0.15) is 50.7 Å². The Bertz CT molecular complexity index is 652. The fraction of sp³-hybridized carbons (Fsp3) is 0.417. The first kappa shape index (κ1) is 21.7. The van der Waals surface area contributed by atoms with Gasteiger partial charge < -0.3 is 10.6 Å². The molecule has 0 unspecified atom stereocenters. The van der Waals surface area contributed by atoms with Crippen LogP contribution >= 0.6 is 0 Å². The highest BCUT2D eigenvalue weighted by Crippen LogP contribution is 2.06. The number of carbonyl (C=O) groups excluding carboxylic acids is 2. The van der Waals surface area contributed by atoms with Gasteiger partial charge in [-0.25, -0.2) is 0 Å². The van der Waals surface area contributed by atoms with Crippen molar-refractivity contribution in [2.75, 3.05) is 0 Å². The third-order valence-electron chi connectivity index (χ3n) is 4.81. The Morgan fingerprint density at radius 3 is 1.39 bits per heavy atom. The van der Waals surface area contributed by atoms with Crippen LogP contribution in [-0.4, -0.2) is 23.9 Å². The summed E-state index contributed by atoms with van der Waals surface area (Å²) in [5, 5.41) is 5.97. The molecule has 4 heteroatoms. The summed E-state index contributed by atoms with van der Waals surface area (Å²) in [6, 6.07) is 20.7. The molecule has 150 valence electrons. The highest BCUT2D eigenvalue weighted by Gasteiger charge is 2.12. The third kappa shape index (κ3) is 8.85. The van der Waals surface area contributed by atoms with E-state index in [4.69, 9.17) is 0 Å². The Labute approximate surface area is 168 Å². The second kappa shape index (κ2) is 12.0. The smallest absolute Gasteiger partial charge is 0.220 e. The first-order valence-corrected chi connectivity index (χ1v) is 10.2. The number of carbonyl (C=O) groups is 2. The Morgan fingerprint density at radius 2 is 1.04 bits per heavy atom. The molecule has 2 aromatic rings. The number of rotatable bonds is 11. The monoisotopic (exact) mass is 380 g/mol. The van der Waals surface area contributed by atoms with Gasteiger partial charge in [0.05, 0.1) is 0 Å². The van der Waals surface area contributed by atoms with E-state index in [-0.39, 0.29) is 36.7 Å². The maximum atomic E-state index is 12.1. The van der Waals surface area contributed by atoms with Crippen molar-refractivity contribution in [3.05, 3.63) is 71.8 Å². The standard InChI is InChI=1S/C24H32N2O2/c1-19(13-15-21-9-5-3-6-10-21)25-23(27)17-18-24(28)26-20(2)14-16-22-11-7-4-8-12-22/h3-12,19-20H,13-18H2,1-2H3,(H,25,27)(H,26,28)/t19-,20-/m1/s1. The van der Waals surface area contributed by atoms with Crippen LogP contribution in [0.3, 0.4) is 0 Å². The van der Waals surface area contributed by atoms with E-state index in [1.54, 1.807) is 0 Å². The molecule has 0 spiro atoms. The topological polar surface area (TPSA) is 58.2 Å². The average Bonchev–Trinajstić information content (AvgIpc) is 2.71. The Kier molecular flexibility index (Phi) is 9.26. The minimum atomic E-state index is -0.0624. The number of benzene rings is 2. The van der Waals surface area contributed by atoms with E-state index < -0.39 is 0 Å². The Morgan fingerprint density at radius 1 is 0.679 bits per heavy atom. The molecule has 0 aliphatic heterocycles. The lowest BCUT2D eigenvalue weighted by molar-refractivity contribution is -0.127. The maximum Gasteiger partial charge on any atom is 0.220 e. The van der Waals surface area contributed by atoms with Crippen molar-refractivity contribution in [3.8, 4) is 0 Å². The van der Waals surface area contributed by atoms with E-state index in [1.165, 1.54) is 11.1 Å². The van der Waals surface area contributed by atoms with Gasteiger partial charge in [-0.05, 0) is 50.7 Å². The van der Waals surface area contributed by atoms with E-state index in [9.17, 15) is 9.59 Å². The van der Waals surface area contributed by atoms with Crippen LogP contribution in [0.5, 0.6) is 0 Å². The number of aryl methyl sites for hydroxylation is 2. The summed E-state index contributed by atoms with van der Waals surface area (Å²) in [6.45, 7) is 4.01. The zero-order chi connectivity index (χ0) is 20.2. The quantitative estimate of drug-likeness (QED) is 0.618. The lowest BCUT2D eigenvalue weighted by Crippen LogP contribution is -2.36. The summed E-state index contributed by atoms with van der Waals surface area (Å²) in [6.07, 6.45) is 4.10. The van der Waals surface area contributed by atoms with Crippen LogP contribution in [-0.2, 0) is 22.4 Å². The van der Waals surface area contributed by atoms with Gasteiger partial charge in [0, 0.05) is 24.9 Å². The van der Waals surface area contributed by atoms with Crippen molar-refractivity contribution in [2.24, 2.45) is 0 Å². The molecule has 0 bridgehead atoms. The number of amides is 2. The second-order valence-electron chi connectivity index (χ2n) is 7.49. The highest BCUT2D eigenvalue weighted by atomic mass is 16.2. The number of nitrogens with one attached hydrogen (secondary N) is 2. The van der Waals surface area contributed by atoms with Crippen molar-refractivity contribution in [1.82, 2.24) is 10.6 Å². The number of hydrogen-bond acceptors (Lipinski definition) is 2. The van der Waals surface area contributed by atoms with Gasteiger partial charge in [0.15, 0.2) is 0 Å². The largest absolute Gasteiger partial charge is 0.354 e. The molecule has 2 aromatic carbocycles. The molecular weight excluding hydrogens is 348 g/mol. The van der Waals surface area contributed by atoms with E-state index in [1.807, 2.05) is 50.2 Å². The summed E-state index contributed by atoms with van der Waals surface area (Å²) in [4.78, 5) is 24.1. The van der Waals surface area contributed by atoms with Gasteiger partial charge in [-0.3, -0.25) is 9.59 Å². The van der Waals surface area contributed by atoms with Gasteiger partial charge >= 0.3 is 0 Å². The minimum Gasteiger partial charge on any atom is -0.354 e. The number of hydrogen-bond donors (Lipinski definition) is 2. The zero-order valence-corrected chi connectivity index (χ0v) is 17.0. The highest BCUT2D eigenvalue weighted by molar-refractivity contribution is 5.83. The predicted octanol–water partition coefficient (Wildman–Crippen LogP) is 4.04. The summed E-state index contributed by atoms with van der Waals surface area (Å²) in [5.41, 5.74) is 2.54. The fourth-order valence-electron chi connectivity index (χ4n) is 3.12. The molecule has 0 heterocycles. The Hall–Kier alpha value is -2.62. The summed E-state index contributed by atoms with van der Waals surface area (Å²) < 4.78 is 0. The molecule has 0 aliphatic carbocycles.